The lowest BCUT2D eigenvalue weighted by Crippen LogP contribution is -2.55. The molecular formula is C12H17Br. The molecule has 5 saturated carbocycles. The molecule has 0 heterocycles. The zero-order valence-electron chi connectivity index (χ0n) is 8.01. The molecule has 0 nitrogen and oxygen atoms in total. The maximum absolute atomic E-state index is 4.15. The molecule has 5 aliphatic rings. The molecule has 0 N–H and O–H groups in total. The van der Waals surface area contributed by atoms with Crippen molar-refractivity contribution in [1.29, 1.82) is 0 Å². The van der Waals surface area contributed by atoms with Gasteiger partial charge in [0.2, 0.25) is 0 Å². The van der Waals surface area contributed by atoms with Crippen LogP contribution in [0.1, 0.15) is 38.5 Å². The van der Waals surface area contributed by atoms with Gasteiger partial charge in [-0.3, -0.25) is 0 Å². The molecule has 6 bridgehead atoms. The molecule has 0 aromatic rings. The van der Waals surface area contributed by atoms with E-state index < -0.39 is 0 Å². The van der Waals surface area contributed by atoms with Crippen LogP contribution in [0.15, 0.2) is 0 Å². The van der Waals surface area contributed by atoms with Crippen LogP contribution in [0.2, 0.25) is 0 Å². The molecule has 0 radical (unpaired) electrons. The van der Waals surface area contributed by atoms with Crippen LogP contribution in [0.3, 0.4) is 0 Å². The molecule has 0 aromatic heterocycles. The smallest absolute Gasteiger partial charge is 0.0322 e. The van der Waals surface area contributed by atoms with Gasteiger partial charge in [-0.05, 0) is 68.1 Å². The Balaban J connectivity index is 1.87. The van der Waals surface area contributed by atoms with E-state index in [0.717, 1.165) is 29.6 Å². The minimum Gasteiger partial charge on any atom is -0.0847 e. The summed E-state index contributed by atoms with van der Waals surface area (Å²) in [5.41, 5.74) is 0. The van der Waals surface area contributed by atoms with E-state index in [0.29, 0.717) is 4.32 Å². The second-order valence-corrected chi connectivity index (χ2v) is 7.49. The molecule has 1 heteroatoms. The summed E-state index contributed by atoms with van der Waals surface area (Å²) in [4.78, 5) is 0. The first kappa shape index (κ1) is 7.73. The van der Waals surface area contributed by atoms with Gasteiger partial charge in [0.25, 0.3) is 0 Å². The summed E-state index contributed by atoms with van der Waals surface area (Å²) in [6.07, 6.45) is 9.38. The van der Waals surface area contributed by atoms with Gasteiger partial charge in [0.05, 0.1) is 0 Å². The topological polar surface area (TPSA) is 0 Å². The maximum Gasteiger partial charge on any atom is 0.0322 e. The van der Waals surface area contributed by atoms with Gasteiger partial charge in [-0.1, -0.05) is 15.9 Å². The molecule has 0 aromatic carbocycles. The number of halogens is 1. The monoisotopic (exact) mass is 240 g/mol. The Morgan fingerprint density at radius 2 is 1.54 bits per heavy atom. The molecule has 5 rings (SSSR count). The van der Waals surface area contributed by atoms with Crippen LogP contribution < -0.4 is 0 Å². The number of rotatable bonds is 0. The second-order valence-electron chi connectivity index (χ2n) is 6.01. The Bertz CT molecular complexity index is 240. The van der Waals surface area contributed by atoms with Crippen LogP contribution in [0, 0.1) is 29.6 Å². The fraction of sp³-hybridized carbons (Fsp3) is 1.00. The van der Waals surface area contributed by atoms with Crippen LogP contribution in [0.4, 0.5) is 0 Å². The predicted molar refractivity (Wildman–Crippen MR) is 56.8 cm³/mol. The van der Waals surface area contributed by atoms with Gasteiger partial charge < -0.3 is 0 Å². The number of hydrogen-bond donors (Lipinski definition) is 0. The number of hydrogen-bond acceptors (Lipinski definition) is 0. The van der Waals surface area contributed by atoms with Crippen molar-refractivity contribution in [3.8, 4) is 0 Å². The highest BCUT2D eigenvalue weighted by molar-refractivity contribution is 9.10. The molecule has 0 amide bonds. The average Bonchev–Trinajstić information content (AvgIpc) is 2.34. The van der Waals surface area contributed by atoms with E-state index in [1.54, 1.807) is 32.1 Å². The minimum atomic E-state index is 0.641. The zero-order chi connectivity index (χ0) is 8.63. The van der Waals surface area contributed by atoms with Crippen molar-refractivity contribution in [3.63, 3.8) is 0 Å². The lowest BCUT2D eigenvalue weighted by atomic mass is 9.51. The average molecular weight is 241 g/mol. The molecule has 72 valence electrons. The van der Waals surface area contributed by atoms with E-state index in [2.05, 4.69) is 15.9 Å². The third-order valence-electron chi connectivity index (χ3n) is 5.64. The van der Waals surface area contributed by atoms with E-state index in [9.17, 15) is 0 Å². The lowest BCUT2D eigenvalue weighted by molar-refractivity contribution is -0.0230. The predicted octanol–water partition coefficient (Wildman–Crippen LogP) is 3.60. The minimum absolute atomic E-state index is 0.641. The van der Waals surface area contributed by atoms with E-state index in [-0.39, 0.29) is 0 Å². The van der Waals surface area contributed by atoms with Gasteiger partial charge in [-0.2, -0.15) is 0 Å². The van der Waals surface area contributed by atoms with Gasteiger partial charge >= 0.3 is 0 Å². The van der Waals surface area contributed by atoms with Crippen molar-refractivity contribution < 1.29 is 0 Å². The first-order valence-corrected chi connectivity index (χ1v) is 6.75. The van der Waals surface area contributed by atoms with Crippen LogP contribution in [-0.2, 0) is 0 Å². The molecule has 0 aliphatic heterocycles. The fourth-order valence-corrected chi connectivity index (χ4v) is 7.14. The summed E-state index contributed by atoms with van der Waals surface area (Å²) >= 11 is 4.15. The van der Waals surface area contributed by atoms with Crippen molar-refractivity contribution in [2.45, 2.75) is 42.8 Å². The summed E-state index contributed by atoms with van der Waals surface area (Å²) in [5.74, 6) is 5.50. The zero-order valence-corrected chi connectivity index (χ0v) is 9.59. The highest BCUT2D eigenvalue weighted by atomic mass is 79.9. The van der Waals surface area contributed by atoms with E-state index >= 15 is 0 Å². The molecule has 4 atom stereocenters. The van der Waals surface area contributed by atoms with E-state index in [1.807, 2.05) is 0 Å². The van der Waals surface area contributed by atoms with Crippen LogP contribution in [0.5, 0.6) is 0 Å². The Morgan fingerprint density at radius 3 is 2.15 bits per heavy atom. The highest BCUT2D eigenvalue weighted by Crippen LogP contribution is 2.69. The second kappa shape index (κ2) is 2.18. The molecule has 0 spiro atoms. The summed E-state index contributed by atoms with van der Waals surface area (Å²) in [7, 11) is 0. The van der Waals surface area contributed by atoms with Crippen LogP contribution in [-0.4, -0.2) is 4.32 Å². The Kier molecular flexibility index (Phi) is 1.30. The lowest BCUT2D eigenvalue weighted by Gasteiger charge is -2.59. The standard InChI is InChI=1S/C12H17Br/c13-12-6-7-3-8-5-9(4-7)11(12)2-1-10(8)12/h7-11H,1-6H2. The molecule has 0 saturated heterocycles. The van der Waals surface area contributed by atoms with Crippen LogP contribution in [0.25, 0.3) is 0 Å². The van der Waals surface area contributed by atoms with Gasteiger partial charge in [-0.25, -0.2) is 0 Å². The molecule has 4 unspecified atom stereocenters. The van der Waals surface area contributed by atoms with Gasteiger partial charge in [-0.15, -0.1) is 0 Å². The normalized spacial score (nSPS) is 67.6. The number of alkyl halides is 1. The van der Waals surface area contributed by atoms with Crippen molar-refractivity contribution in [2.75, 3.05) is 0 Å². The summed E-state index contributed by atoms with van der Waals surface area (Å²) in [5, 5.41) is 0. The largest absolute Gasteiger partial charge is 0.0847 e. The fourth-order valence-electron chi connectivity index (χ4n) is 5.47. The first-order valence-electron chi connectivity index (χ1n) is 5.96. The highest BCUT2D eigenvalue weighted by Gasteiger charge is 2.63. The van der Waals surface area contributed by atoms with Crippen molar-refractivity contribution in [3.05, 3.63) is 0 Å². The third-order valence-corrected chi connectivity index (χ3v) is 7.14. The van der Waals surface area contributed by atoms with E-state index in [4.69, 9.17) is 0 Å². The molecule has 13 heavy (non-hydrogen) atoms. The maximum atomic E-state index is 4.15. The van der Waals surface area contributed by atoms with Crippen molar-refractivity contribution in [2.24, 2.45) is 29.6 Å². The quantitative estimate of drug-likeness (QED) is 0.568. The van der Waals surface area contributed by atoms with Gasteiger partial charge in [0.1, 0.15) is 0 Å². The molecular weight excluding hydrogens is 224 g/mol. The SMILES string of the molecule is BrC12CC3CC4CC(C3)C1CCC42. The van der Waals surface area contributed by atoms with E-state index in [1.165, 1.54) is 6.42 Å². The van der Waals surface area contributed by atoms with Crippen molar-refractivity contribution >= 4 is 15.9 Å². The van der Waals surface area contributed by atoms with Gasteiger partial charge in [0.15, 0.2) is 0 Å². The van der Waals surface area contributed by atoms with Gasteiger partial charge in [0, 0.05) is 4.32 Å². The molecule has 5 fully saturated rings. The Labute approximate surface area is 88.6 Å². The van der Waals surface area contributed by atoms with Crippen LogP contribution >= 0.6 is 15.9 Å². The first-order chi connectivity index (χ1) is 6.27. The molecule has 5 aliphatic carbocycles. The summed E-state index contributed by atoms with van der Waals surface area (Å²) in [6, 6.07) is 0. The Hall–Kier alpha value is 0.480. The Morgan fingerprint density at radius 1 is 0.923 bits per heavy atom. The summed E-state index contributed by atoms with van der Waals surface area (Å²) in [6.45, 7) is 0. The summed E-state index contributed by atoms with van der Waals surface area (Å²) < 4.78 is 0.641. The van der Waals surface area contributed by atoms with Crippen molar-refractivity contribution in [1.82, 2.24) is 0 Å². The third kappa shape index (κ3) is 0.760.